The van der Waals surface area contributed by atoms with Crippen molar-refractivity contribution in [3.8, 4) is 0 Å². The number of aryl methyl sites for hydroxylation is 1. The van der Waals surface area contributed by atoms with Gasteiger partial charge in [-0.2, -0.15) is 0 Å². The molecule has 0 aliphatic heterocycles. The van der Waals surface area contributed by atoms with Gasteiger partial charge in [0.25, 0.3) is 0 Å². The molecule has 0 aromatic heterocycles. The highest BCUT2D eigenvalue weighted by Gasteiger charge is 2.11. The number of carbonyl (C=O) groups is 1. The molecule has 1 aromatic carbocycles. The Balaban J connectivity index is 3.14. The van der Waals surface area contributed by atoms with Crippen molar-refractivity contribution in [2.24, 2.45) is 0 Å². The Bertz CT molecular complexity index is 296. The molecule has 0 fully saturated rings. The molecule has 0 spiro atoms. The van der Waals surface area contributed by atoms with Crippen molar-refractivity contribution in [2.45, 2.75) is 6.92 Å². The SMILES string of the molecule is Cc1cc(C=O)cc(B(O)O)c1. The number of hydrogen-bond donors (Lipinski definition) is 2. The van der Waals surface area contributed by atoms with E-state index in [4.69, 9.17) is 10.0 Å². The molecule has 1 aromatic rings. The largest absolute Gasteiger partial charge is 0.488 e. The number of aldehydes is 1. The second kappa shape index (κ2) is 3.52. The van der Waals surface area contributed by atoms with Gasteiger partial charge in [0.2, 0.25) is 0 Å². The van der Waals surface area contributed by atoms with Crippen LogP contribution in [0.5, 0.6) is 0 Å². The summed E-state index contributed by atoms with van der Waals surface area (Å²) >= 11 is 0. The van der Waals surface area contributed by atoms with Crippen LogP contribution in [-0.4, -0.2) is 23.5 Å². The highest BCUT2D eigenvalue weighted by Crippen LogP contribution is 1.99. The molecule has 0 bridgehead atoms. The van der Waals surface area contributed by atoms with Crippen LogP contribution < -0.4 is 5.46 Å². The molecular weight excluding hydrogens is 155 g/mol. The van der Waals surface area contributed by atoms with Gasteiger partial charge in [-0.25, -0.2) is 0 Å². The van der Waals surface area contributed by atoms with Crippen LogP contribution in [0.3, 0.4) is 0 Å². The molecule has 0 saturated carbocycles. The van der Waals surface area contributed by atoms with Crippen molar-refractivity contribution in [3.05, 3.63) is 29.3 Å². The summed E-state index contributed by atoms with van der Waals surface area (Å²) in [4.78, 5) is 10.4. The molecule has 62 valence electrons. The number of hydrogen-bond acceptors (Lipinski definition) is 3. The molecule has 4 heteroatoms. The van der Waals surface area contributed by atoms with E-state index >= 15 is 0 Å². The molecule has 0 aliphatic carbocycles. The lowest BCUT2D eigenvalue weighted by atomic mass is 9.79. The Hall–Kier alpha value is -1.13. The molecule has 0 aliphatic rings. The smallest absolute Gasteiger partial charge is 0.423 e. The molecule has 0 amide bonds. The standard InChI is InChI=1S/C8H9BO3/c1-6-2-7(5-10)4-8(3-6)9(11)12/h2-5,11-12H,1H3. The first-order valence-corrected chi connectivity index (χ1v) is 3.56. The Morgan fingerprint density at radius 1 is 1.33 bits per heavy atom. The van der Waals surface area contributed by atoms with Gasteiger partial charge in [-0.3, -0.25) is 4.79 Å². The zero-order chi connectivity index (χ0) is 9.14. The molecule has 0 heterocycles. The van der Waals surface area contributed by atoms with Crippen LogP contribution in [0.15, 0.2) is 18.2 Å². The van der Waals surface area contributed by atoms with Gasteiger partial charge in [0.05, 0.1) is 0 Å². The van der Waals surface area contributed by atoms with Crippen molar-refractivity contribution in [1.29, 1.82) is 0 Å². The predicted molar refractivity (Wildman–Crippen MR) is 46.4 cm³/mol. The van der Waals surface area contributed by atoms with Crippen LogP contribution in [-0.2, 0) is 0 Å². The molecular formula is C8H9BO3. The van der Waals surface area contributed by atoms with Crippen LogP contribution in [0.4, 0.5) is 0 Å². The maximum Gasteiger partial charge on any atom is 0.488 e. The molecule has 0 saturated heterocycles. The van der Waals surface area contributed by atoms with Crippen molar-refractivity contribution < 1.29 is 14.8 Å². The van der Waals surface area contributed by atoms with E-state index < -0.39 is 7.12 Å². The third kappa shape index (κ3) is 1.93. The van der Waals surface area contributed by atoms with Crippen molar-refractivity contribution in [3.63, 3.8) is 0 Å². The van der Waals surface area contributed by atoms with Crippen LogP contribution in [0.25, 0.3) is 0 Å². The van der Waals surface area contributed by atoms with Crippen LogP contribution in [0.1, 0.15) is 15.9 Å². The Morgan fingerprint density at radius 2 is 2.00 bits per heavy atom. The van der Waals surface area contributed by atoms with Gasteiger partial charge in [-0.15, -0.1) is 0 Å². The number of carbonyl (C=O) groups excluding carboxylic acids is 1. The minimum Gasteiger partial charge on any atom is -0.423 e. The maximum absolute atomic E-state index is 10.4. The van der Waals surface area contributed by atoms with E-state index in [-0.39, 0.29) is 0 Å². The lowest BCUT2D eigenvalue weighted by Crippen LogP contribution is -2.30. The molecule has 1 rings (SSSR count). The van der Waals surface area contributed by atoms with Gasteiger partial charge in [-0.1, -0.05) is 17.7 Å². The van der Waals surface area contributed by atoms with Gasteiger partial charge >= 0.3 is 7.12 Å². The summed E-state index contributed by atoms with van der Waals surface area (Å²) < 4.78 is 0. The predicted octanol–water partition coefficient (Wildman–Crippen LogP) is -0.513. The molecule has 3 nitrogen and oxygen atoms in total. The second-order valence-corrected chi connectivity index (χ2v) is 2.67. The molecule has 12 heavy (non-hydrogen) atoms. The van der Waals surface area contributed by atoms with Gasteiger partial charge in [0, 0.05) is 5.56 Å². The van der Waals surface area contributed by atoms with Crippen LogP contribution >= 0.6 is 0 Å². The summed E-state index contributed by atoms with van der Waals surface area (Å²) in [6.07, 6.45) is 0.679. The summed E-state index contributed by atoms with van der Waals surface area (Å²) in [5.74, 6) is 0. The van der Waals surface area contributed by atoms with E-state index in [0.717, 1.165) is 5.56 Å². The van der Waals surface area contributed by atoms with E-state index in [1.165, 1.54) is 6.07 Å². The summed E-state index contributed by atoms with van der Waals surface area (Å²) in [6, 6.07) is 4.75. The Morgan fingerprint density at radius 3 is 2.50 bits per heavy atom. The highest BCUT2D eigenvalue weighted by molar-refractivity contribution is 6.58. The second-order valence-electron chi connectivity index (χ2n) is 2.67. The molecule has 0 radical (unpaired) electrons. The van der Waals surface area contributed by atoms with Crippen LogP contribution in [0.2, 0.25) is 0 Å². The first kappa shape index (κ1) is 8.97. The van der Waals surface area contributed by atoms with Gasteiger partial charge < -0.3 is 10.0 Å². The molecule has 0 atom stereocenters. The summed E-state index contributed by atoms with van der Waals surface area (Å²) in [5.41, 5.74) is 1.64. The average Bonchev–Trinajstić information content (AvgIpc) is 2.03. The van der Waals surface area contributed by atoms with Crippen molar-refractivity contribution in [2.75, 3.05) is 0 Å². The molecule has 0 unspecified atom stereocenters. The summed E-state index contributed by atoms with van der Waals surface area (Å²) in [6.45, 7) is 1.79. The van der Waals surface area contributed by atoms with E-state index in [1.54, 1.807) is 19.1 Å². The minimum absolute atomic E-state index is 0.345. The quantitative estimate of drug-likeness (QED) is 0.457. The Labute approximate surface area is 70.8 Å². The summed E-state index contributed by atoms with van der Waals surface area (Å²) in [7, 11) is -1.51. The normalized spacial score (nSPS) is 9.58. The fourth-order valence-corrected chi connectivity index (χ4v) is 1.06. The van der Waals surface area contributed by atoms with Crippen molar-refractivity contribution >= 4 is 18.9 Å². The van der Waals surface area contributed by atoms with E-state index in [2.05, 4.69) is 0 Å². The van der Waals surface area contributed by atoms with Gasteiger partial charge in [-0.05, 0) is 18.5 Å². The van der Waals surface area contributed by atoms with Crippen LogP contribution in [0, 0.1) is 6.92 Å². The Kier molecular flexibility index (Phi) is 2.63. The summed E-state index contributed by atoms with van der Waals surface area (Å²) in [5, 5.41) is 17.6. The number of benzene rings is 1. The first-order valence-electron chi connectivity index (χ1n) is 3.56. The first-order chi connectivity index (χ1) is 5.63. The van der Waals surface area contributed by atoms with E-state index in [0.29, 0.717) is 17.3 Å². The lowest BCUT2D eigenvalue weighted by molar-refractivity contribution is 0.112. The maximum atomic E-state index is 10.4. The van der Waals surface area contributed by atoms with E-state index in [1.807, 2.05) is 0 Å². The topological polar surface area (TPSA) is 57.5 Å². The average molecular weight is 164 g/mol. The lowest BCUT2D eigenvalue weighted by Gasteiger charge is -2.01. The fourth-order valence-electron chi connectivity index (χ4n) is 1.06. The third-order valence-corrected chi connectivity index (χ3v) is 1.56. The molecule has 2 N–H and O–H groups in total. The zero-order valence-corrected chi connectivity index (χ0v) is 6.69. The third-order valence-electron chi connectivity index (χ3n) is 1.56. The minimum atomic E-state index is -1.51. The van der Waals surface area contributed by atoms with E-state index in [9.17, 15) is 4.79 Å². The zero-order valence-electron chi connectivity index (χ0n) is 6.69. The van der Waals surface area contributed by atoms with Gasteiger partial charge in [0.1, 0.15) is 6.29 Å². The van der Waals surface area contributed by atoms with Gasteiger partial charge in [0.15, 0.2) is 0 Å². The number of rotatable bonds is 2. The highest BCUT2D eigenvalue weighted by atomic mass is 16.4. The monoisotopic (exact) mass is 164 g/mol. The van der Waals surface area contributed by atoms with Crippen molar-refractivity contribution in [1.82, 2.24) is 0 Å². The fraction of sp³-hybridized carbons (Fsp3) is 0.125.